The van der Waals surface area contributed by atoms with Crippen molar-refractivity contribution in [3.05, 3.63) is 65.2 Å². The molecule has 1 aliphatic rings. The molecule has 140 valence electrons. The Morgan fingerprint density at radius 3 is 1.92 bits per heavy atom. The van der Waals surface area contributed by atoms with Gasteiger partial charge in [-0.25, -0.2) is 0 Å². The summed E-state index contributed by atoms with van der Waals surface area (Å²) in [5.41, 5.74) is -1.63. The first kappa shape index (κ1) is 19.3. The summed E-state index contributed by atoms with van der Waals surface area (Å²) in [5.74, 6) is 0. The molecule has 0 spiro atoms. The Kier molecular flexibility index (Phi) is 5.37. The quantitative estimate of drug-likeness (QED) is 0.483. The van der Waals surface area contributed by atoms with Crippen LogP contribution < -0.4 is 4.46 Å². The van der Waals surface area contributed by atoms with E-state index < -0.39 is 53.8 Å². The Labute approximate surface area is 152 Å². The van der Waals surface area contributed by atoms with Crippen LogP contribution in [0.25, 0.3) is 0 Å². The molecule has 0 bridgehead atoms. The van der Waals surface area contributed by atoms with Crippen molar-refractivity contribution in [3.63, 3.8) is 0 Å². The molecule has 8 heteroatoms. The molecular formula is C18H14F6OSe. The van der Waals surface area contributed by atoms with Crippen molar-refractivity contribution in [2.24, 2.45) is 0 Å². The normalized spacial score (nSPS) is 21.2. The maximum absolute atomic E-state index is 13.3. The molecule has 0 N–H and O–H groups in total. The molecule has 1 nitrogen and oxygen atoms in total. The topological polar surface area (TPSA) is 9.23 Å². The second-order valence-electron chi connectivity index (χ2n) is 5.82. The van der Waals surface area contributed by atoms with Gasteiger partial charge in [-0.05, 0) is 0 Å². The zero-order chi connectivity index (χ0) is 18.9. The fourth-order valence-corrected chi connectivity index (χ4v) is 6.05. The molecule has 0 saturated carbocycles. The predicted octanol–water partition coefficient (Wildman–Crippen LogP) is 5.00. The number of alkyl halides is 6. The standard InChI is InChI=1S/C18H14F6OSe/c19-17(20,21)12-7-4-8-13(18(22,23)24)16(12)26-14-9-10-25-15(14)11-5-2-1-3-6-11/h1-8,14-15H,9-10H2/t14-,15+/m0/s1. The zero-order valence-corrected chi connectivity index (χ0v) is 15.0. The molecule has 2 atom stereocenters. The number of halogens is 6. The summed E-state index contributed by atoms with van der Waals surface area (Å²) in [6, 6.07) is 11.1. The van der Waals surface area contributed by atoms with E-state index in [1.54, 1.807) is 30.3 Å². The molecule has 1 fully saturated rings. The minimum absolute atomic E-state index is 0.321. The SMILES string of the molecule is FC(F)(F)c1cccc(C(F)(F)F)c1[Se][C@H]1CCO[C@@H]1c1ccccc1. The van der Waals surface area contributed by atoms with Gasteiger partial charge in [0.1, 0.15) is 0 Å². The molecular weight excluding hydrogens is 425 g/mol. The van der Waals surface area contributed by atoms with Crippen LogP contribution in [0.3, 0.4) is 0 Å². The van der Waals surface area contributed by atoms with E-state index in [0.717, 1.165) is 23.8 Å². The van der Waals surface area contributed by atoms with E-state index in [-0.39, 0.29) is 0 Å². The molecule has 0 aromatic heterocycles. The van der Waals surface area contributed by atoms with Gasteiger partial charge >= 0.3 is 152 Å². The van der Waals surface area contributed by atoms with Crippen LogP contribution in [0.1, 0.15) is 29.2 Å². The average molecular weight is 439 g/mol. The van der Waals surface area contributed by atoms with Crippen LogP contribution >= 0.6 is 0 Å². The molecule has 0 unspecified atom stereocenters. The summed E-state index contributed by atoms with van der Waals surface area (Å²) in [7, 11) is 0. The van der Waals surface area contributed by atoms with Crippen LogP contribution in [-0.2, 0) is 17.1 Å². The van der Waals surface area contributed by atoms with Crippen LogP contribution in [0.2, 0.25) is 4.82 Å². The molecule has 3 rings (SSSR count). The Morgan fingerprint density at radius 2 is 1.38 bits per heavy atom. The first-order valence-corrected chi connectivity index (χ1v) is 9.63. The van der Waals surface area contributed by atoms with Crippen LogP contribution in [-0.4, -0.2) is 21.6 Å². The molecule has 0 radical (unpaired) electrons. The Hall–Kier alpha value is -1.50. The predicted molar refractivity (Wildman–Crippen MR) is 85.3 cm³/mol. The monoisotopic (exact) mass is 440 g/mol. The van der Waals surface area contributed by atoms with Gasteiger partial charge in [-0.3, -0.25) is 0 Å². The van der Waals surface area contributed by atoms with Crippen molar-refractivity contribution < 1.29 is 31.1 Å². The molecule has 2 aromatic carbocycles. The van der Waals surface area contributed by atoms with Crippen molar-refractivity contribution in [1.29, 1.82) is 0 Å². The van der Waals surface area contributed by atoms with Gasteiger partial charge in [0.15, 0.2) is 0 Å². The Morgan fingerprint density at radius 1 is 0.808 bits per heavy atom. The summed E-state index contributed by atoms with van der Waals surface area (Å²) in [5, 5.41) is 0. The van der Waals surface area contributed by atoms with Crippen molar-refractivity contribution in [2.75, 3.05) is 6.61 Å². The number of hydrogen-bond acceptors (Lipinski definition) is 1. The van der Waals surface area contributed by atoms with E-state index in [2.05, 4.69) is 0 Å². The van der Waals surface area contributed by atoms with E-state index in [0.29, 0.717) is 13.0 Å². The fourth-order valence-electron chi connectivity index (χ4n) is 2.91. The fraction of sp³-hybridized carbons (Fsp3) is 0.333. The van der Waals surface area contributed by atoms with Gasteiger partial charge < -0.3 is 0 Å². The summed E-state index contributed by atoms with van der Waals surface area (Å²) >= 11 is -1.05. The van der Waals surface area contributed by atoms with Crippen molar-refractivity contribution in [2.45, 2.75) is 29.7 Å². The third-order valence-corrected chi connectivity index (χ3v) is 7.13. The molecule has 0 amide bonds. The van der Waals surface area contributed by atoms with Gasteiger partial charge in [-0.1, -0.05) is 0 Å². The summed E-state index contributed by atoms with van der Waals surface area (Å²) in [6.07, 6.45) is -9.72. The molecule has 1 saturated heterocycles. The zero-order valence-electron chi connectivity index (χ0n) is 13.3. The van der Waals surface area contributed by atoms with E-state index in [4.69, 9.17) is 4.74 Å². The van der Waals surface area contributed by atoms with E-state index >= 15 is 0 Å². The van der Waals surface area contributed by atoms with Gasteiger partial charge in [0.05, 0.1) is 0 Å². The van der Waals surface area contributed by atoms with Crippen molar-refractivity contribution >= 4 is 19.4 Å². The van der Waals surface area contributed by atoms with Gasteiger partial charge in [-0.2, -0.15) is 0 Å². The minimum atomic E-state index is -4.83. The third-order valence-electron chi connectivity index (χ3n) is 4.06. The number of hydrogen-bond donors (Lipinski definition) is 0. The number of rotatable bonds is 3. The maximum atomic E-state index is 13.3. The average Bonchev–Trinajstić information content (AvgIpc) is 3.02. The van der Waals surface area contributed by atoms with E-state index in [1.165, 1.54) is 0 Å². The van der Waals surface area contributed by atoms with Gasteiger partial charge in [-0.15, -0.1) is 0 Å². The van der Waals surface area contributed by atoms with Crippen molar-refractivity contribution in [3.8, 4) is 0 Å². The van der Waals surface area contributed by atoms with Gasteiger partial charge in [0, 0.05) is 0 Å². The van der Waals surface area contributed by atoms with Crippen LogP contribution in [0.15, 0.2) is 48.5 Å². The van der Waals surface area contributed by atoms with Crippen molar-refractivity contribution in [1.82, 2.24) is 0 Å². The summed E-state index contributed by atoms with van der Waals surface area (Å²) in [4.78, 5) is -0.394. The number of benzene rings is 2. The van der Waals surface area contributed by atoms with Gasteiger partial charge in [0.2, 0.25) is 0 Å². The first-order chi connectivity index (χ1) is 12.2. The Balaban J connectivity index is 2.00. The van der Waals surface area contributed by atoms with Crippen LogP contribution in [0.4, 0.5) is 26.3 Å². The molecule has 26 heavy (non-hydrogen) atoms. The second-order valence-corrected chi connectivity index (χ2v) is 8.45. The third kappa shape index (κ3) is 4.08. The summed E-state index contributed by atoms with van der Waals surface area (Å²) in [6.45, 7) is 0.321. The van der Waals surface area contributed by atoms with Crippen LogP contribution in [0.5, 0.6) is 0 Å². The molecule has 1 heterocycles. The summed E-state index contributed by atoms with van der Waals surface area (Å²) < 4.78 is 84.9. The van der Waals surface area contributed by atoms with E-state index in [1.807, 2.05) is 0 Å². The molecule has 1 aliphatic heterocycles. The second kappa shape index (κ2) is 7.25. The number of ether oxygens (including phenoxy) is 1. The first-order valence-electron chi connectivity index (χ1n) is 7.78. The van der Waals surface area contributed by atoms with E-state index in [9.17, 15) is 26.3 Å². The van der Waals surface area contributed by atoms with Gasteiger partial charge in [0.25, 0.3) is 0 Å². The Bertz CT molecular complexity index is 724. The molecule has 2 aromatic rings. The molecule has 0 aliphatic carbocycles. The van der Waals surface area contributed by atoms with Crippen LogP contribution in [0, 0.1) is 0 Å².